The Hall–Kier alpha value is -2.82. The van der Waals surface area contributed by atoms with E-state index in [4.69, 9.17) is 4.99 Å². The van der Waals surface area contributed by atoms with Crippen LogP contribution in [0, 0.1) is 5.92 Å². The number of nitrogens with zero attached hydrogens (tertiary/aromatic N) is 3. The maximum atomic E-state index is 4.71. The third-order valence-electron chi connectivity index (χ3n) is 4.92. The fourth-order valence-electron chi connectivity index (χ4n) is 3.16. The summed E-state index contributed by atoms with van der Waals surface area (Å²) in [5.74, 6) is 1.76. The van der Waals surface area contributed by atoms with Crippen molar-refractivity contribution in [3.8, 4) is 0 Å². The Bertz CT molecular complexity index is 906. The SMILES string of the molecule is CCNC(=NCc1ccc(Cn2cnc3ccccc32)cc1)NCC1CC1. The largest absolute Gasteiger partial charge is 0.357 e. The second kappa shape index (κ2) is 8.25. The average Bonchev–Trinajstić information content (AvgIpc) is 3.45. The van der Waals surface area contributed by atoms with Crippen LogP contribution in [0.15, 0.2) is 59.9 Å². The van der Waals surface area contributed by atoms with Crippen molar-refractivity contribution < 1.29 is 0 Å². The lowest BCUT2D eigenvalue weighted by Crippen LogP contribution is -2.38. The summed E-state index contributed by atoms with van der Waals surface area (Å²) in [6.07, 6.45) is 4.61. The van der Waals surface area contributed by atoms with Gasteiger partial charge in [0.05, 0.1) is 23.9 Å². The van der Waals surface area contributed by atoms with Crippen LogP contribution in [0.2, 0.25) is 0 Å². The Balaban J connectivity index is 1.38. The Morgan fingerprint density at radius 3 is 2.63 bits per heavy atom. The van der Waals surface area contributed by atoms with E-state index >= 15 is 0 Å². The molecular weight excluding hydrogens is 334 g/mol. The molecule has 27 heavy (non-hydrogen) atoms. The van der Waals surface area contributed by atoms with Crippen molar-refractivity contribution in [2.75, 3.05) is 13.1 Å². The van der Waals surface area contributed by atoms with E-state index in [-0.39, 0.29) is 0 Å². The zero-order chi connectivity index (χ0) is 18.5. The molecule has 5 nitrogen and oxygen atoms in total. The summed E-state index contributed by atoms with van der Waals surface area (Å²) < 4.78 is 2.19. The number of aliphatic imine (C=N–C) groups is 1. The molecule has 1 heterocycles. The minimum Gasteiger partial charge on any atom is -0.357 e. The molecule has 1 aromatic heterocycles. The Kier molecular flexibility index (Phi) is 5.37. The fraction of sp³-hybridized carbons (Fsp3) is 0.364. The topological polar surface area (TPSA) is 54.2 Å². The highest BCUT2D eigenvalue weighted by Gasteiger charge is 2.20. The smallest absolute Gasteiger partial charge is 0.191 e. The number of nitrogens with one attached hydrogen (secondary N) is 2. The van der Waals surface area contributed by atoms with Crippen molar-refractivity contribution in [1.29, 1.82) is 0 Å². The summed E-state index contributed by atoms with van der Waals surface area (Å²) in [6, 6.07) is 16.9. The Labute approximate surface area is 160 Å². The van der Waals surface area contributed by atoms with Gasteiger partial charge in [-0.2, -0.15) is 0 Å². The monoisotopic (exact) mass is 361 g/mol. The van der Waals surface area contributed by atoms with E-state index in [1.165, 1.54) is 29.5 Å². The van der Waals surface area contributed by atoms with Gasteiger partial charge in [0.15, 0.2) is 5.96 Å². The molecule has 2 N–H and O–H groups in total. The molecular formula is C22H27N5. The molecule has 2 aromatic carbocycles. The van der Waals surface area contributed by atoms with Gasteiger partial charge < -0.3 is 15.2 Å². The van der Waals surface area contributed by atoms with Crippen LogP contribution >= 0.6 is 0 Å². The Morgan fingerprint density at radius 1 is 1.07 bits per heavy atom. The van der Waals surface area contributed by atoms with Crippen molar-refractivity contribution >= 4 is 17.0 Å². The molecule has 0 atom stereocenters. The van der Waals surface area contributed by atoms with Crippen molar-refractivity contribution in [3.05, 3.63) is 66.0 Å². The van der Waals surface area contributed by atoms with Gasteiger partial charge in [-0.05, 0) is 48.9 Å². The number of guanidine groups is 1. The van der Waals surface area contributed by atoms with Crippen LogP contribution in [0.25, 0.3) is 11.0 Å². The summed E-state index contributed by atoms with van der Waals surface area (Å²) in [7, 11) is 0. The number of imidazole rings is 1. The molecule has 0 amide bonds. The van der Waals surface area contributed by atoms with Crippen molar-refractivity contribution in [2.24, 2.45) is 10.9 Å². The summed E-state index contributed by atoms with van der Waals surface area (Å²) >= 11 is 0. The summed E-state index contributed by atoms with van der Waals surface area (Å²) in [6.45, 7) is 5.53. The molecule has 0 bridgehead atoms. The van der Waals surface area contributed by atoms with Crippen molar-refractivity contribution in [3.63, 3.8) is 0 Å². The van der Waals surface area contributed by atoms with Crippen LogP contribution in [-0.4, -0.2) is 28.6 Å². The highest BCUT2D eigenvalue weighted by Crippen LogP contribution is 2.27. The molecule has 0 aliphatic heterocycles. The number of para-hydroxylation sites is 2. The minimum atomic E-state index is 0.689. The van der Waals surface area contributed by atoms with Gasteiger partial charge in [0.2, 0.25) is 0 Å². The molecule has 140 valence electrons. The van der Waals surface area contributed by atoms with Crippen LogP contribution in [0.4, 0.5) is 0 Å². The number of aromatic nitrogens is 2. The molecule has 0 spiro atoms. The first kappa shape index (κ1) is 17.6. The molecule has 1 saturated carbocycles. The molecule has 0 saturated heterocycles. The van der Waals surface area contributed by atoms with E-state index < -0.39 is 0 Å². The van der Waals surface area contributed by atoms with E-state index in [0.717, 1.165) is 37.0 Å². The van der Waals surface area contributed by atoms with Crippen LogP contribution in [0.1, 0.15) is 30.9 Å². The molecule has 4 rings (SSSR count). The standard InChI is InChI=1S/C22H27N5/c1-2-23-22(24-13-17-7-8-17)25-14-18-9-11-19(12-10-18)15-27-16-26-20-5-3-4-6-21(20)27/h3-6,9-12,16-17H,2,7-8,13-15H2,1H3,(H2,23,24,25). The minimum absolute atomic E-state index is 0.689. The second-order valence-corrected chi connectivity index (χ2v) is 7.20. The first-order valence-corrected chi connectivity index (χ1v) is 9.81. The lowest BCUT2D eigenvalue weighted by atomic mass is 10.1. The van der Waals surface area contributed by atoms with Gasteiger partial charge in [-0.1, -0.05) is 36.4 Å². The lowest BCUT2D eigenvalue weighted by molar-refractivity contribution is 0.739. The number of hydrogen-bond donors (Lipinski definition) is 2. The van der Waals surface area contributed by atoms with Gasteiger partial charge in [0.25, 0.3) is 0 Å². The van der Waals surface area contributed by atoms with Gasteiger partial charge in [-0.15, -0.1) is 0 Å². The van der Waals surface area contributed by atoms with E-state index in [1.807, 2.05) is 18.5 Å². The molecule has 5 heteroatoms. The second-order valence-electron chi connectivity index (χ2n) is 7.20. The first-order chi connectivity index (χ1) is 13.3. The van der Waals surface area contributed by atoms with Crippen LogP contribution < -0.4 is 10.6 Å². The highest BCUT2D eigenvalue weighted by molar-refractivity contribution is 5.79. The lowest BCUT2D eigenvalue weighted by Gasteiger charge is -2.11. The number of rotatable bonds is 7. The number of hydrogen-bond acceptors (Lipinski definition) is 2. The van der Waals surface area contributed by atoms with Gasteiger partial charge in [0, 0.05) is 19.6 Å². The van der Waals surface area contributed by atoms with E-state index in [9.17, 15) is 0 Å². The molecule has 1 aliphatic rings. The summed E-state index contributed by atoms with van der Waals surface area (Å²) in [5.41, 5.74) is 4.70. The third kappa shape index (κ3) is 4.67. The number of fused-ring (bicyclic) bond motifs is 1. The van der Waals surface area contributed by atoms with Crippen LogP contribution in [0.3, 0.4) is 0 Å². The normalized spacial score (nSPS) is 14.5. The van der Waals surface area contributed by atoms with Gasteiger partial charge in [-0.3, -0.25) is 0 Å². The van der Waals surface area contributed by atoms with E-state index in [2.05, 4.69) is 63.5 Å². The fourth-order valence-corrected chi connectivity index (χ4v) is 3.16. The van der Waals surface area contributed by atoms with Gasteiger partial charge in [-0.25, -0.2) is 9.98 Å². The average molecular weight is 361 g/mol. The van der Waals surface area contributed by atoms with Gasteiger partial charge >= 0.3 is 0 Å². The van der Waals surface area contributed by atoms with Crippen molar-refractivity contribution in [1.82, 2.24) is 20.2 Å². The quantitative estimate of drug-likeness (QED) is 0.500. The van der Waals surface area contributed by atoms with Gasteiger partial charge in [0.1, 0.15) is 0 Å². The van der Waals surface area contributed by atoms with Crippen LogP contribution in [0.5, 0.6) is 0 Å². The maximum absolute atomic E-state index is 4.71. The van der Waals surface area contributed by atoms with E-state index in [0.29, 0.717) is 6.54 Å². The van der Waals surface area contributed by atoms with E-state index in [1.54, 1.807) is 0 Å². The third-order valence-corrected chi connectivity index (χ3v) is 4.92. The zero-order valence-corrected chi connectivity index (χ0v) is 15.9. The maximum Gasteiger partial charge on any atom is 0.191 e. The molecule has 0 radical (unpaired) electrons. The molecule has 3 aromatic rings. The highest BCUT2D eigenvalue weighted by atomic mass is 15.2. The molecule has 0 unspecified atom stereocenters. The zero-order valence-electron chi connectivity index (χ0n) is 15.9. The summed E-state index contributed by atoms with van der Waals surface area (Å²) in [5, 5.41) is 6.76. The molecule has 1 fully saturated rings. The Morgan fingerprint density at radius 2 is 1.85 bits per heavy atom. The number of benzene rings is 2. The van der Waals surface area contributed by atoms with Crippen molar-refractivity contribution in [2.45, 2.75) is 32.9 Å². The predicted octanol–water partition coefficient (Wildman–Crippen LogP) is 3.55. The first-order valence-electron chi connectivity index (χ1n) is 9.81. The van der Waals surface area contributed by atoms with Crippen LogP contribution in [-0.2, 0) is 13.1 Å². The predicted molar refractivity (Wildman–Crippen MR) is 111 cm³/mol. The molecule has 1 aliphatic carbocycles. The summed E-state index contributed by atoms with van der Waals surface area (Å²) in [4.78, 5) is 9.17.